The van der Waals surface area contributed by atoms with Crippen LogP contribution in [0, 0.1) is 11.3 Å². The molecule has 2 aromatic rings. The Balaban J connectivity index is 2.65. The lowest BCUT2D eigenvalue weighted by Crippen LogP contribution is -1.95. The van der Waals surface area contributed by atoms with Gasteiger partial charge in [-0.25, -0.2) is 4.98 Å². The Bertz CT molecular complexity index is 603. The number of ether oxygens (including phenoxy) is 2. The SMILES string of the molecule is COc1ccccc1-c1cc(C#N)cnc1OC. The molecule has 0 amide bonds. The molecule has 0 aliphatic rings. The number of nitriles is 1. The van der Waals surface area contributed by atoms with Crippen LogP contribution in [-0.4, -0.2) is 19.2 Å². The molecule has 0 atom stereocenters. The minimum atomic E-state index is 0.471. The van der Waals surface area contributed by atoms with Crippen molar-refractivity contribution in [3.63, 3.8) is 0 Å². The van der Waals surface area contributed by atoms with E-state index in [0.717, 1.165) is 11.1 Å². The van der Waals surface area contributed by atoms with Gasteiger partial charge in [0.15, 0.2) is 0 Å². The van der Waals surface area contributed by atoms with E-state index in [1.54, 1.807) is 20.3 Å². The molecule has 90 valence electrons. The summed E-state index contributed by atoms with van der Waals surface area (Å²) in [5.41, 5.74) is 2.08. The fourth-order valence-electron chi connectivity index (χ4n) is 1.74. The van der Waals surface area contributed by atoms with Crippen molar-refractivity contribution in [3.8, 4) is 28.8 Å². The van der Waals surface area contributed by atoms with Crippen LogP contribution in [0.1, 0.15) is 5.56 Å². The van der Waals surface area contributed by atoms with E-state index in [0.29, 0.717) is 17.2 Å². The summed E-state index contributed by atoms with van der Waals surface area (Å²) in [6.07, 6.45) is 1.48. The third kappa shape index (κ3) is 2.11. The third-order valence-corrected chi connectivity index (χ3v) is 2.57. The van der Waals surface area contributed by atoms with Gasteiger partial charge in [0.05, 0.1) is 19.8 Å². The Morgan fingerprint density at radius 1 is 1.11 bits per heavy atom. The zero-order valence-electron chi connectivity index (χ0n) is 10.2. The Labute approximate surface area is 105 Å². The van der Waals surface area contributed by atoms with E-state index in [1.807, 2.05) is 24.3 Å². The minimum absolute atomic E-state index is 0.471. The highest BCUT2D eigenvalue weighted by Crippen LogP contribution is 2.35. The maximum atomic E-state index is 8.94. The molecule has 1 heterocycles. The second-order valence-electron chi connectivity index (χ2n) is 3.59. The van der Waals surface area contributed by atoms with Gasteiger partial charge in [0, 0.05) is 17.3 Å². The number of pyridine rings is 1. The Morgan fingerprint density at radius 2 is 1.89 bits per heavy atom. The summed E-state index contributed by atoms with van der Waals surface area (Å²) in [6, 6.07) is 11.3. The van der Waals surface area contributed by atoms with Crippen LogP contribution in [0.2, 0.25) is 0 Å². The van der Waals surface area contributed by atoms with Gasteiger partial charge in [-0.15, -0.1) is 0 Å². The second-order valence-corrected chi connectivity index (χ2v) is 3.59. The van der Waals surface area contributed by atoms with Crippen molar-refractivity contribution in [1.29, 1.82) is 5.26 Å². The van der Waals surface area contributed by atoms with Gasteiger partial charge >= 0.3 is 0 Å². The fraction of sp³-hybridized carbons (Fsp3) is 0.143. The number of aromatic nitrogens is 1. The topological polar surface area (TPSA) is 55.1 Å². The summed E-state index contributed by atoms with van der Waals surface area (Å²) in [7, 11) is 3.15. The summed E-state index contributed by atoms with van der Waals surface area (Å²) in [4.78, 5) is 4.12. The summed E-state index contributed by atoms with van der Waals surface area (Å²) >= 11 is 0. The zero-order valence-corrected chi connectivity index (χ0v) is 10.2. The van der Waals surface area contributed by atoms with Gasteiger partial charge in [0.2, 0.25) is 5.88 Å². The first-order valence-electron chi connectivity index (χ1n) is 5.37. The van der Waals surface area contributed by atoms with Gasteiger partial charge < -0.3 is 9.47 Å². The third-order valence-electron chi connectivity index (χ3n) is 2.57. The average molecular weight is 240 g/mol. The molecule has 18 heavy (non-hydrogen) atoms. The summed E-state index contributed by atoms with van der Waals surface area (Å²) in [5, 5.41) is 8.94. The standard InChI is InChI=1S/C14H12N2O2/c1-17-13-6-4-3-5-11(13)12-7-10(8-15)9-16-14(12)18-2/h3-7,9H,1-2H3. The number of hydrogen-bond acceptors (Lipinski definition) is 4. The van der Waals surface area contributed by atoms with Crippen molar-refractivity contribution >= 4 is 0 Å². The molecule has 0 unspecified atom stereocenters. The van der Waals surface area contributed by atoms with Gasteiger partial charge in [0.1, 0.15) is 11.8 Å². The maximum Gasteiger partial charge on any atom is 0.221 e. The molecule has 0 bridgehead atoms. The number of rotatable bonds is 3. The molecule has 0 N–H and O–H groups in total. The van der Waals surface area contributed by atoms with E-state index < -0.39 is 0 Å². The molecule has 0 aliphatic carbocycles. The van der Waals surface area contributed by atoms with Gasteiger partial charge in [-0.2, -0.15) is 5.26 Å². The fourth-order valence-corrected chi connectivity index (χ4v) is 1.74. The lowest BCUT2D eigenvalue weighted by Gasteiger charge is -2.11. The number of benzene rings is 1. The van der Waals surface area contributed by atoms with Crippen molar-refractivity contribution < 1.29 is 9.47 Å². The molecule has 0 saturated carbocycles. The first-order valence-corrected chi connectivity index (χ1v) is 5.37. The quantitative estimate of drug-likeness (QED) is 0.827. The van der Waals surface area contributed by atoms with E-state index in [-0.39, 0.29) is 0 Å². The van der Waals surface area contributed by atoms with Gasteiger partial charge in [0.25, 0.3) is 0 Å². The molecular weight excluding hydrogens is 228 g/mol. The van der Waals surface area contributed by atoms with E-state index in [4.69, 9.17) is 14.7 Å². The molecular formula is C14H12N2O2. The normalized spacial score (nSPS) is 9.61. The van der Waals surface area contributed by atoms with Crippen LogP contribution in [-0.2, 0) is 0 Å². The first-order chi connectivity index (χ1) is 8.80. The molecule has 4 nitrogen and oxygen atoms in total. The number of hydrogen-bond donors (Lipinski definition) is 0. The van der Waals surface area contributed by atoms with Crippen LogP contribution < -0.4 is 9.47 Å². The van der Waals surface area contributed by atoms with Crippen molar-refractivity contribution in [3.05, 3.63) is 42.1 Å². The van der Waals surface area contributed by atoms with E-state index >= 15 is 0 Å². The van der Waals surface area contributed by atoms with E-state index in [2.05, 4.69) is 11.1 Å². The van der Waals surface area contributed by atoms with Gasteiger partial charge in [-0.1, -0.05) is 18.2 Å². The molecule has 4 heteroatoms. The van der Waals surface area contributed by atoms with E-state index in [9.17, 15) is 0 Å². The predicted molar refractivity (Wildman–Crippen MR) is 67.5 cm³/mol. The summed E-state index contributed by atoms with van der Waals surface area (Å²) in [5.74, 6) is 1.19. The average Bonchev–Trinajstić information content (AvgIpc) is 2.46. The summed E-state index contributed by atoms with van der Waals surface area (Å²) < 4.78 is 10.5. The minimum Gasteiger partial charge on any atom is -0.496 e. The maximum absolute atomic E-state index is 8.94. The molecule has 2 rings (SSSR count). The summed E-state index contributed by atoms with van der Waals surface area (Å²) in [6.45, 7) is 0. The van der Waals surface area contributed by atoms with Crippen molar-refractivity contribution in [2.24, 2.45) is 0 Å². The van der Waals surface area contributed by atoms with Crippen molar-refractivity contribution in [2.75, 3.05) is 14.2 Å². The van der Waals surface area contributed by atoms with Crippen LogP contribution in [0.3, 0.4) is 0 Å². The first kappa shape index (κ1) is 11.9. The van der Waals surface area contributed by atoms with Crippen LogP contribution in [0.15, 0.2) is 36.5 Å². The molecule has 1 aromatic carbocycles. The molecule has 0 aliphatic heterocycles. The predicted octanol–water partition coefficient (Wildman–Crippen LogP) is 2.64. The lowest BCUT2D eigenvalue weighted by atomic mass is 10.0. The van der Waals surface area contributed by atoms with Gasteiger partial charge in [-0.3, -0.25) is 0 Å². The molecule has 1 aromatic heterocycles. The van der Waals surface area contributed by atoms with Crippen molar-refractivity contribution in [2.45, 2.75) is 0 Å². The van der Waals surface area contributed by atoms with Crippen LogP contribution in [0.5, 0.6) is 11.6 Å². The monoisotopic (exact) mass is 240 g/mol. The van der Waals surface area contributed by atoms with Gasteiger partial charge in [-0.05, 0) is 12.1 Å². The Hall–Kier alpha value is -2.54. The second kappa shape index (κ2) is 5.19. The smallest absolute Gasteiger partial charge is 0.221 e. The molecule has 0 radical (unpaired) electrons. The highest BCUT2D eigenvalue weighted by Gasteiger charge is 2.12. The highest BCUT2D eigenvalue weighted by molar-refractivity contribution is 5.75. The molecule has 0 spiro atoms. The zero-order chi connectivity index (χ0) is 13.0. The van der Waals surface area contributed by atoms with E-state index in [1.165, 1.54) is 6.20 Å². The number of para-hydroxylation sites is 1. The largest absolute Gasteiger partial charge is 0.496 e. The lowest BCUT2D eigenvalue weighted by molar-refractivity contribution is 0.397. The number of nitrogens with zero attached hydrogens (tertiary/aromatic N) is 2. The van der Waals surface area contributed by atoms with Crippen LogP contribution in [0.4, 0.5) is 0 Å². The van der Waals surface area contributed by atoms with Crippen molar-refractivity contribution in [1.82, 2.24) is 4.98 Å². The highest BCUT2D eigenvalue weighted by atomic mass is 16.5. The molecule has 0 fully saturated rings. The van der Waals surface area contributed by atoms with Crippen LogP contribution in [0.25, 0.3) is 11.1 Å². The number of methoxy groups -OCH3 is 2. The molecule has 0 saturated heterocycles. The van der Waals surface area contributed by atoms with Crippen LogP contribution >= 0.6 is 0 Å². The Morgan fingerprint density at radius 3 is 2.56 bits per heavy atom. The Kier molecular flexibility index (Phi) is 3.44.